The highest BCUT2D eigenvalue weighted by Crippen LogP contribution is 2.27. The highest BCUT2D eigenvalue weighted by Gasteiger charge is 2.12. The quantitative estimate of drug-likeness (QED) is 0.423. The van der Waals surface area contributed by atoms with Crippen LogP contribution in [0.1, 0.15) is 56.0 Å². The molecule has 7 heteroatoms. The number of hydrogen-bond donors (Lipinski definition) is 2. The molecule has 0 unspecified atom stereocenters. The maximum absolute atomic E-state index is 12.6. The molecule has 0 bridgehead atoms. The minimum absolute atomic E-state index is 0.0904. The molecule has 158 valence electrons. The van der Waals surface area contributed by atoms with Crippen LogP contribution in [0.2, 0.25) is 0 Å². The lowest BCUT2D eigenvalue weighted by atomic mass is 10.1. The number of unbranched alkanes of at least 4 members (excludes halogenated alkanes) is 1. The molecule has 1 aromatic heterocycles. The van der Waals surface area contributed by atoms with Crippen molar-refractivity contribution in [2.45, 2.75) is 52.6 Å². The fourth-order valence-electron chi connectivity index (χ4n) is 2.89. The van der Waals surface area contributed by atoms with Crippen LogP contribution < -0.4 is 15.4 Å². The number of nitrogens with zero attached hydrogens (tertiary/aromatic N) is 1. The van der Waals surface area contributed by atoms with Crippen molar-refractivity contribution < 1.29 is 9.53 Å². The van der Waals surface area contributed by atoms with Crippen LogP contribution in [0.4, 0.5) is 5.13 Å². The molecule has 0 saturated heterocycles. The van der Waals surface area contributed by atoms with Crippen molar-refractivity contribution in [2.24, 2.45) is 0 Å². The highest BCUT2D eigenvalue weighted by molar-refractivity contribution is 7.80. The number of ether oxygens (including phenoxy) is 1. The van der Waals surface area contributed by atoms with Crippen molar-refractivity contribution >= 4 is 49.9 Å². The molecule has 0 aliphatic carbocycles. The fraction of sp³-hybridized carbons (Fsp3) is 0.348. The van der Waals surface area contributed by atoms with Gasteiger partial charge in [0.15, 0.2) is 10.2 Å². The zero-order valence-electron chi connectivity index (χ0n) is 17.5. The number of thiazole rings is 1. The highest BCUT2D eigenvalue weighted by atomic mass is 32.1. The second kappa shape index (κ2) is 10.5. The van der Waals surface area contributed by atoms with Gasteiger partial charge in [0.05, 0.1) is 16.3 Å². The topological polar surface area (TPSA) is 63.2 Å². The molecule has 2 aromatic carbocycles. The lowest BCUT2D eigenvalue weighted by molar-refractivity contribution is 0.0977. The Morgan fingerprint density at radius 3 is 2.83 bits per heavy atom. The van der Waals surface area contributed by atoms with Crippen molar-refractivity contribution in [1.82, 2.24) is 10.3 Å². The molecular formula is C23H27N3O2S2. The Morgan fingerprint density at radius 2 is 2.07 bits per heavy atom. The number of aromatic nitrogens is 1. The van der Waals surface area contributed by atoms with Gasteiger partial charge in [0.2, 0.25) is 0 Å². The van der Waals surface area contributed by atoms with Gasteiger partial charge in [0.1, 0.15) is 5.75 Å². The van der Waals surface area contributed by atoms with Crippen LogP contribution in [0.25, 0.3) is 10.2 Å². The molecule has 0 aliphatic heterocycles. The fourth-order valence-corrected chi connectivity index (χ4v) is 4.08. The van der Waals surface area contributed by atoms with Crippen LogP contribution >= 0.6 is 23.6 Å². The number of thiocarbonyl (C=S) groups is 1. The maximum Gasteiger partial charge on any atom is 0.257 e. The Bertz CT molecular complexity index is 1030. The number of rotatable bonds is 8. The normalized spacial score (nSPS) is 11.8. The molecule has 0 aliphatic rings. The summed E-state index contributed by atoms with van der Waals surface area (Å²) < 4.78 is 6.89. The Hall–Kier alpha value is -2.51. The molecule has 3 rings (SSSR count). The summed E-state index contributed by atoms with van der Waals surface area (Å²) in [5.41, 5.74) is 2.73. The first-order valence-corrected chi connectivity index (χ1v) is 11.5. The Labute approximate surface area is 186 Å². The van der Waals surface area contributed by atoms with Gasteiger partial charge in [0.25, 0.3) is 5.91 Å². The van der Waals surface area contributed by atoms with Crippen molar-refractivity contribution in [3.63, 3.8) is 0 Å². The summed E-state index contributed by atoms with van der Waals surface area (Å²) in [5.74, 6) is 0.381. The van der Waals surface area contributed by atoms with Gasteiger partial charge in [-0.15, -0.1) is 0 Å². The predicted octanol–water partition coefficient (Wildman–Crippen LogP) is 5.94. The number of carbonyl (C=O) groups excluding carboxylic acids is 1. The summed E-state index contributed by atoms with van der Waals surface area (Å²) in [7, 11) is 0. The van der Waals surface area contributed by atoms with Gasteiger partial charge in [-0.3, -0.25) is 10.1 Å². The Balaban J connectivity index is 1.62. The Morgan fingerprint density at radius 1 is 1.23 bits per heavy atom. The minimum Gasteiger partial charge on any atom is -0.491 e. The van der Waals surface area contributed by atoms with E-state index < -0.39 is 0 Å². The molecular weight excluding hydrogens is 414 g/mol. The van der Waals surface area contributed by atoms with Crippen molar-refractivity contribution in [2.75, 3.05) is 5.32 Å². The number of benzene rings is 2. The molecule has 30 heavy (non-hydrogen) atoms. The first-order valence-electron chi connectivity index (χ1n) is 10.3. The zero-order chi connectivity index (χ0) is 21.5. The number of nitrogens with one attached hydrogen (secondary N) is 2. The zero-order valence-corrected chi connectivity index (χ0v) is 19.2. The number of aryl methyl sites for hydroxylation is 1. The van der Waals surface area contributed by atoms with E-state index in [0.29, 0.717) is 16.4 Å². The van der Waals surface area contributed by atoms with E-state index in [9.17, 15) is 4.79 Å². The van der Waals surface area contributed by atoms with E-state index in [-0.39, 0.29) is 17.1 Å². The first kappa shape index (κ1) is 22.2. The maximum atomic E-state index is 12.6. The first-order chi connectivity index (χ1) is 14.5. The van der Waals surface area contributed by atoms with Crippen molar-refractivity contribution in [1.29, 1.82) is 0 Å². The van der Waals surface area contributed by atoms with E-state index in [4.69, 9.17) is 17.0 Å². The molecule has 3 aromatic rings. The largest absolute Gasteiger partial charge is 0.491 e. The van der Waals surface area contributed by atoms with Crippen LogP contribution in [-0.4, -0.2) is 22.1 Å². The smallest absolute Gasteiger partial charge is 0.257 e. The third kappa shape index (κ3) is 6.00. The molecule has 2 N–H and O–H groups in total. The van der Waals surface area contributed by atoms with E-state index in [0.717, 1.165) is 23.1 Å². The SMILES string of the molecule is CCCCc1ccc2nc(NC(=S)NC(=O)c3cccc(O[C@H](C)CC)c3)sc2c1. The van der Waals surface area contributed by atoms with Gasteiger partial charge in [-0.05, 0) is 74.3 Å². The van der Waals surface area contributed by atoms with Crippen molar-refractivity contribution in [3.8, 4) is 5.75 Å². The van der Waals surface area contributed by atoms with E-state index in [2.05, 4.69) is 41.6 Å². The summed E-state index contributed by atoms with van der Waals surface area (Å²) in [6, 6.07) is 13.4. The van der Waals surface area contributed by atoms with Gasteiger partial charge in [0, 0.05) is 5.56 Å². The van der Waals surface area contributed by atoms with Crippen molar-refractivity contribution in [3.05, 3.63) is 53.6 Å². The summed E-state index contributed by atoms with van der Waals surface area (Å²) in [6.45, 7) is 6.24. The number of amides is 1. The van der Waals surface area contributed by atoms with Crippen LogP contribution in [0.3, 0.4) is 0 Å². The number of fused-ring (bicyclic) bond motifs is 1. The molecule has 0 radical (unpaired) electrons. The number of hydrogen-bond acceptors (Lipinski definition) is 5. The number of anilines is 1. The van der Waals surface area contributed by atoms with Crippen LogP contribution in [-0.2, 0) is 6.42 Å². The summed E-state index contributed by atoms with van der Waals surface area (Å²) in [4.78, 5) is 17.1. The molecule has 5 nitrogen and oxygen atoms in total. The monoisotopic (exact) mass is 441 g/mol. The third-order valence-corrected chi connectivity index (χ3v) is 5.87. The average Bonchev–Trinajstić information content (AvgIpc) is 3.13. The molecule has 0 fully saturated rings. The second-order valence-corrected chi connectivity index (χ2v) is 8.64. The molecule has 1 atom stereocenters. The van der Waals surface area contributed by atoms with Crippen LogP contribution in [0, 0.1) is 0 Å². The average molecular weight is 442 g/mol. The van der Waals surface area contributed by atoms with E-state index in [1.165, 1.54) is 29.7 Å². The predicted molar refractivity (Wildman–Crippen MR) is 129 cm³/mol. The summed E-state index contributed by atoms with van der Waals surface area (Å²) in [5, 5.41) is 6.63. The minimum atomic E-state index is -0.287. The van der Waals surface area contributed by atoms with Crippen LogP contribution in [0.15, 0.2) is 42.5 Å². The summed E-state index contributed by atoms with van der Waals surface area (Å²) in [6.07, 6.45) is 4.41. The van der Waals surface area contributed by atoms with Crippen LogP contribution in [0.5, 0.6) is 5.75 Å². The molecule has 1 amide bonds. The van der Waals surface area contributed by atoms with E-state index in [1.54, 1.807) is 18.2 Å². The number of carbonyl (C=O) groups is 1. The third-order valence-electron chi connectivity index (χ3n) is 4.73. The standard InChI is InChI=1S/C23H27N3O2S2/c1-4-6-8-16-11-12-19-20(13-16)30-23(24-19)26-22(29)25-21(27)17-9-7-10-18(14-17)28-15(3)5-2/h7,9-15H,4-6,8H2,1-3H3,(H2,24,25,26,27,29)/t15-/m1/s1. The van der Waals surface area contributed by atoms with Gasteiger partial charge in [-0.2, -0.15) is 0 Å². The molecule has 1 heterocycles. The second-order valence-electron chi connectivity index (χ2n) is 7.20. The molecule has 0 spiro atoms. The Kier molecular flexibility index (Phi) is 7.76. The van der Waals surface area contributed by atoms with Gasteiger partial charge < -0.3 is 10.1 Å². The van der Waals surface area contributed by atoms with E-state index >= 15 is 0 Å². The molecule has 0 saturated carbocycles. The lowest BCUT2D eigenvalue weighted by Crippen LogP contribution is -2.34. The van der Waals surface area contributed by atoms with Gasteiger partial charge >= 0.3 is 0 Å². The van der Waals surface area contributed by atoms with Gasteiger partial charge in [-0.1, -0.05) is 43.7 Å². The lowest BCUT2D eigenvalue weighted by Gasteiger charge is -2.13. The van der Waals surface area contributed by atoms with E-state index in [1.807, 2.05) is 19.1 Å². The van der Waals surface area contributed by atoms with Gasteiger partial charge in [-0.25, -0.2) is 4.98 Å². The summed E-state index contributed by atoms with van der Waals surface area (Å²) >= 11 is 6.84.